The van der Waals surface area contributed by atoms with Crippen molar-refractivity contribution in [3.8, 4) is 6.07 Å². The molecule has 0 aliphatic carbocycles. The second-order valence-electron chi connectivity index (χ2n) is 7.47. The molecular formula is C20H26N6OS. The van der Waals surface area contributed by atoms with Gasteiger partial charge in [0.25, 0.3) is 5.91 Å². The van der Waals surface area contributed by atoms with E-state index in [0.29, 0.717) is 22.9 Å². The zero-order valence-corrected chi connectivity index (χ0v) is 17.5. The topological polar surface area (TPSA) is 96.1 Å². The van der Waals surface area contributed by atoms with E-state index in [9.17, 15) is 4.79 Å². The molecule has 0 aromatic heterocycles. The molecule has 8 heteroatoms. The van der Waals surface area contributed by atoms with Crippen LogP contribution in [0.2, 0.25) is 0 Å². The fraction of sp³-hybridized carbons (Fsp3) is 0.550. The molecule has 28 heavy (non-hydrogen) atoms. The lowest BCUT2D eigenvalue weighted by molar-refractivity contribution is -0.123. The van der Waals surface area contributed by atoms with Crippen LogP contribution in [-0.2, 0) is 4.79 Å². The molecule has 7 nitrogen and oxygen atoms in total. The molecule has 0 unspecified atom stereocenters. The van der Waals surface area contributed by atoms with Crippen molar-refractivity contribution in [1.82, 2.24) is 4.90 Å². The van der Waals surface area contributed by atoms with Gasteiger partial charge in [0, 0.05) is 18.0 Å². The van der Waals surface area contributed by atoms with Gasteiger partial charge in [-0.1, -0.05) is 24.4 Å². The number of rotatable bonds is 9. The largest absolute Gasteiger partial charge is 0.334 e. The molecule has 0 spiro atoms. The number of carbonyl (C=O) groups is 1. The van der Waals surface area contributed by atoms with Crippen molar-refractivity contribution in [2.24, 2.45) is 5.11 Å². The number of amides is 1. The van der Waals surface area contributed by atoms with Gasteiger partial charge in [0.1, 0.15) is 5.54 Å². The number of hydrogen-bond donors (Lipinski definition) is 0. The van der Waals surface area contributed by atoms with Crippen molar-refractivity contribution in [1.29, 1.82) is 5.26 Å². The lowest BCUT2D eigenvalue weighted by Crippen LogP contribution is -2.44. The predicted octanol–water partition coefficient (Wildman–Crippen LogP) is 4.84. The highest BCUT2D eigenvalue weighted by Gasteiger charge is 2.49. The molecule has 1 saturated heterocycles. The summed E-state index contributed by atoms with van der Waals surface area (Å²) in [5.41, 5.74) is 9.70. The molecule has 0 saturated carbocycles. The molecule has 0 bridgehead atoms. The van der Waals surface area contributed by atoms with E-state index in [-0.39, 0.29) is 5.91 Å². The highest BCUT2D eigenvalue weighted by atomic mass is 32.1. The van der Waals surface area contributed by atoms with Crippen molar-refractivity contribution in [3.63, 3.8) is 0 Å². The number of azide groups is 1. The van der Waals surface area contributed by atoms with Crippen LogP contribution in [0.5, 0.6) is 0 Å². The lowest BCUT2D eigenvalue weighted by atomic mass is 10.0. The average molecular weight is 399 g/mol. The third-order valence-electron chi connectivity index (χ3n) is 5.12. The zero-order chi connectivity index (χ0) is 20.7. The Morgan fingerprint density at radius 1 is 1.25 bits per heavy atom. The summed E-state index contributed by atoms with van der Waals surface area (Å²) in [6.45, 7) is 6.93. The third kappa shape index (κ3) is 4.61. The van der Waals surface area contributed by atoms with Gasteiger partial charge in [-0.05, 0) is 75.1 Å². The van der Waals surface area contributed by atoms with Crippen LogP contribution in [0.1, 0.15) is 57.1 Å². The van der Waals surface area contributed by atoms with Gasteiger partial charge in [0.05, 0.1) is 17.3 Å². The molecule has 1 aromatic rings. The van der Waals surface area contributed by atoms with Gasteiger partial charge in [0.2, 0.25) is 0 Å². The number of nitriles is 1. The van der Waals surface area contributed by atoms with Crippen LogP contribution in [0.15, 0.2) is 23.3 Å². The van der Waals surface area contributed by atoms with E-state index in [1.54, 1.807) is 17.0 Å². The van der Waals surface area contributed by atoms with Crippen molar-refractivity contribution in [2.75, 3.05) is 18.0 Å². The molecule has 1 amide bonds. The Hall–Kier alpha value is -2.62. The van der Waals surface area contributed by atoms with Crippen LogP contribution in [0.4, 0.5) is 5.69 Å². The monoisotopic (exact) mass is 398 g/mol. The second-order valence-corrected chi connectivity index (χ2v) is 7.83. The summed E-state index contributed by atoms with van der Waals surface area (Å²) in [6, 6.07) is 7.49. The zero-order valence-electron chi connectivity index (χ0n) is 16.7. The first kappa shape index (κ1) is 21.7. The van der Waals surface area contributed by atoms with Crippen LogP contribution in [0, 0.1) is 18.3 Å². The summed E-state index contributed by atoms with van der Waals surface area (Å²) in [7, 11) is 0. The summed E-state index contributed by atoms with van der Waals surface area (Å²) >= 11 is 5.64. The summed E-state index contributed by atoms with van der Waals surface area (Å²) in [5, 5.41) is 13.2. The fourth-order valence-corrected chi connectivity index (χ4v) is 3.89. The third-order valence-corrected chi connectivity index (χ3v) is 5.52. The number of unbranched alkanes of at least 4 members (excludes halogenated alkanes) is 4. The number of anilines is 1. The quantitative estimate of drug-likeness (QED) is 0.195. The van der Waals surface area contributed by atoms with E-state index in [1.165, 1.54) is 0 Å². The van der Waals surface area contributed by atoms with Crippen LogP contribution in [0.25, 0.3) is 10.4 Å². The number of hydrogen-bond acceptors (Lipinski definition) is 4. The Labute approximate surface area is 171 Å². The first-order valence-electron chi connectivity index (χ1n) is 9.52. The predicted molar refractivity (Wildman–Crippen MR) is 114 cm³/mol. The SMILES string of the molecule is Cc1cc(N2C(=O)C(C)(C)N(CCCCCCCN=[N+]=[N-])C2=S)ccc1C#N. The molecule has 1 heterocycles. The summed E-state index contributed by atoms with van der Waals surface area (Å²) in [6.07, 6.45) is 4.98. The van der Waals surface area contributed by atoms with E-state index in [1.807, 2.05) is 31.7 Å². The molecule has 2 rings (SSSR count). The molecule has 0 atom stereocenters. The first-order chi connectivity index (χ1) is 13.3. The number of thiocarbonyl (C=S) groups is 1. The maximum atomic E-state index is 13.0. The van der Waals surface area contributed by atoms with Crippen LogP contribution in [0.3, 0.4) is 0 Å². The highest BCUT2D eigenvalue weighted by Crippen LogP contribution is 2.33. The van der Waals surface area contributed by atoms with Crippen LogP contribution >= 0.6 is 12.2 Å². The van der Waals surface area contributed by atoms with Gasteiger partial charge in [-0.3, -0.25) is 9.69 Å². The maximum absolute atomic E-state index is 13.0. The Kier molecular flexibility index (Phi) is 7.38. The summed E-state index contributed by atoms with van der Waals surface area (Å²) in [5.74, 6) is -0.0454. The average Bonchev–Trinajstić information content (AvgIpc) is 2.82. The Morgan fingerprint density at radius 3 is 2.57 bits per heavy atom. The van der Waals surface area contributed by atoms with Crippen LogP contribution in [-0.4, -0.2) is 34.5 Å². The molecule has 1 aromatic carbocycles. The van der Waals surface area contributed by atoms with Gasteiger partial charge in [-0.15, -0.1) is 0 Å². The Morgan fingerprint density at radius 2 is 1.93 bits per heavy atom. The maximum Gasteiger partial charge on any atom is 0.258 e. The van der Waals surface area contributed by atoms with Crippen molar-refractivity contribution < 1.29 is 4.79 Å². The molecule has 1 aliphatic rings. The minimum absolute atomic E-state index is 0.0454. The molecule has 0 radical (unpaired) electrons. The van der Waals surface area contributed by atoms with Crippen molar-refractivity contribution >= 4 is 28.9 Å². The van der Waals surface area contributed by atoms with E-state index < -0.39 is 5.54 Å². The smallest absolute Gasteiger partial charge is 0.258 e. The number of benzene rings is 1. The first-order valence-corrected chi connectivity index (χ1v) is 9.93. The van der Waals surface area contributed by atoms with E-state index >= 15 is 0 Å². The number of aryl methyl sites for hydroxylation is 1. The highest BCUT2D eigenvalue weighted by molar-refractivity contribution is 7.80. The molecular weight excluding hydrogens is 372 g/mol. The molecule has 148 valence electrons. The van der Waals surface area contributed by atoms with Crippen molar-refractivity contribution in [2.45, 2.75) is 58.4 Å². The fourth-order valence-electron chi connectivity index (χ4n) is 3.38. The summed E-state index contributed by atoms with van der Waals surface area (Å²) in [4.78, 5) is 19.4. The molecule has 1 fully saturated rings. The standard InChI is InChI=1S/C20H26N6OS/c1-15-13-17(10-9-16(15)14-21)26-18(27)20(2,3)25(19(26)28)12-8-6-4-5-7-11-23-24-22/h9-10,13H,4-8,11-12H2,1-3H3. The Bertz CT molecular complexity index is 838. The lowest BCUT2D eigenvalue weighted by Gasteiger charge is -2.29. The minimum atomic E-state index is -0.694. The Balaban J connectivity index is 2.00. The van der Waals surface area contributed by atoms with Gasteiger partial charge >= 0.3 is 0 Å². The van der Waals surface area contributed by atoms with Gasteiger partial charge in [-0.2, -0.15) is 5.26 Å². The number of nitrogens with zero attached hydrogens (tertiary/aromatic N) is 6. The van der Waals surface area contributed by atoms with E-state index in [0.717, 1.165) is 44.2 Å². The normalized spacial score (nSPS) is 15.5. The number of carbonyl (C=O) groups excluding carboxylic acids is 1. The molecule has 0 N–H and O–H groups in total. The van der Waals surface area contributed by atoms with Gasteiger partial charge < -0.3 is 4.90 Å². The van der Waals surface area contributed by atoms with E-state index in [2.05, 4.69) is 16.1 Å². The van der Waals surface area contributed by atoms with Gasteiger partial charge in [-0.25, -0.2) is 0 Å². The second kappa shape index (κ2) is 9.54. The van der Waals surface area contributed by atoms with Crippen LogP contribution < -0.4 is 4.90 Å². The minimum Gasteiger partial charge on any atom is -0.334 e. The molecule has 1 aliphatic heterocycles. The van der Waals surface area contributed by atoms with Gasteiger partial charge in [0.15, 0.2) is 5.11 Å². The summed E-state index contributed by atoms with van der Waals surface area (Å²) < 4.78 is 0. The van der Waals surface area contributed by atoms with Crippen molar-refractivity contribution in [3.05, 3.63) is 39.8 Å². The van der Waals surface area contributed by atoms with E-state index in [4.69, 9.17) is 23.0 Å².